The van der Waals surface area contributed by atoms with Gasteiger partial charge in [0.2, 0.25) is 11.8 Å². The Hall–Kier alpha value is -3.87. The van der Waals surface area contributed by atoms with E-state index in [0.29, 0.717) is 36.6 Å². The van der Waals surface area contributed by atoms with Crippen LogP contribution in [0.3, 0.4) is 0 Å². The predicted molar refractivity (Wildman–Crippen MR) is 155 cm³/mol. The van der Waals surface area contributed by atoms with Crippen LogP contribution in [-0.2, 0) is 9.47 Å². The van der Waals surface area contributed by atoms with Gasteiger partial charge in [0, 0.05) is 0 Å². The van der Waals surface area contributed by atoms with Crippen molar-refractivity contribution in [3.63, 3.8) is 0 Å². The summed E-state index contributed by atoms with van der Waals surface area (Å²) < 4.78 is 12.0. The number of aliphatic imine (C=N–C) groups is 2. The SMILES string of the molecule is CC(C)(C)[C@H]1COC(c2ccccc2Nc2cccc(Nc3ccccc3C3=N[C@@H](C(C)(C)C)CO3)n2)=N1. The third kappa shape index (κ3) is 5.67. The molecule has 2 N–H and O–H groups in total. The Morgan fingerprint density at radius 1 is 0.605 bits per heavy atom. The first-order valence-corrected chi connectivity index (χ1v) is 13.2. The summed E-state index contributed by atoms with van der Waals surface area (Å²) in [4.78, 5) is 14.6. The van der Waals surface area contributed by atoms with Crippen LogP contribution in [0.1, 0.15) is 52.7 Å². The summed E-state index contributed by atoms with van der Waals surface area (Å²) in [6, 6.07) is 22.2. The fourth-order valence-corrected chi connectivity index (χ4v) is 4.34. The van der Waals surface area contributed by atoms with Crippen molar-refractivity contribution >= 4 is 34.8 Å². The molecule has 3 aromatic rings. The maximum absolute atomic E-state index is 6.00. The molecule has 1 aromatic heterocycles. The molecule has 198 valence electrons. The lowest BCUT2D eigenvalue weighted by Gasteiger charge is -2.21. The second-order valence-corrected chi connectivity index (χ2v) is 12.0. The summed E-state index contributed by atoms with van der Waals surface area (Å²) in [5, 5.41) is 6.92. The standard InChI is InChI=1S/C31H37N5O2/c1-30(2,3)24-18-37-28(34-24)20-12-7-9-14-22(20)32-26-16-11-17-27(36-26)33-23-15-10-8-13-21(23)29-35-25(19-38-29)31(4,5)6/h7-17,24-25H,18-19H2,1-6H3,(H2,32,33,36)/t24-,25-/m1/s1. The number of benzene rings is 2. The number of ether oxygens (including phenoxy) is 2. The highest BCUT2D eigenvalue weighted by Crippen LogP contribution is 2.32. The van der Waals surface area contributed by atoms with Crippen molar-refractivity contribution in [1.29, 1.82) is 0 Å². The molecule has 7 nitrogen and oxygen atoms in total. The second-order valence-electron chi connectivity index (χ2n) is 12.0. The minimum absolute atomic E-state index is 0.0464. The van der Waals surface area contributed by atoms with E-state index in [-0.39, 0.29) is 22.9 Å². The molecule has 3 heterocycles. The molecule has 2 aliphatic rings. The fourth-order valence-electron chi connectivity index (χ4n) is 4.34. The molecule has 0 amide bonds. The molecule has 38 heavy (non-hydrogen) atoms. The summed E-state index contributed by atoms with van der Waals surface area (Å²) in [7, 11) is 0. The van der Waals surface area contributed by atoms with Crippen molar-refractivity contribution < 1.29 is 9.47 Å². The lowest BCUT2D eigenvalue weighted by molar-refractivity contribution is 0.235. The van der Waals surface area contributed by atoms with Crippen molar-refractivity contribution in [1.82, 2.24) is 4.98 Å². The maximum Gasteiger partial charge on any atom is 0.218 e. The molecule has 0 radical (unpaired) electrons. The van der Waals surface area contributed by atoms with Crippen LogP contribution in [0, 0.1) is 10.8 Å². The Labute approximate surface area is 225 Å². The summed E-state index contributed by atoms with van der Waals surface area (Å²) in [5.74, 6) is 2.77. The van der Waals surface area contributed by atoms with Gasteiger partial charge in [0.25, 0.3) is 0 Å². The van der Waals surface area contributed by atoms with E-state index in [0.717, 1.165) is 22.5 Å². The molecule has 0 unspecified atom stereocenters. The van der Waals surface area contributed by atoms with Crippen molar-refractivity contribution in [3.05, 3.63) is 77.9 Å². The van der Waals surface area contributed by atoms with E-state index in [4.69, 9.17) is 24.4 Å². The van der Waals surface area contributed by atoms with Gasteiger partial charge in [-0.25, -0.2) is 15.0 Å². The number of anilines is 4. The van der Waals surface area contributed by atoms with E-state index in [2.05, 4.69) is 52.2 Å². The lowest BCUT2D eigenvalue weighted by Crippen LogP contribution is -2.25. The van der Waals surface area contributed by atoms with Crippen LogP contribution in [0.5, 0.6) is 0 Å². The van der Waals surface area contributed by atoms with Crippen LogP contribution in [-0.4, -0.2) is 42.1 Å². The minimum Gasteiger partial charge on any atom is -0.475 e. The number of para-hydroxylation sites is 2. The van der Waals surface area contributed by atoms with E-state index in [1.165, 1.54) is 0 Å². The number of nitrogens with one attached hydrogen (secondary N) is 2. The predicted octanol–water partition coefficient (Wildman–Crippen LogP) is 6.95. The molecule has 0 saturated heterocycles. The zero-order valence-electron chi connectivity index (χ0n) is 23.1. The topological polar surface area (TPSA) is 80.1 Å². The van der Waals surface area contributed by atoms with Gasteiger partial charge in [0.15, 0.2) is 0 Å². The Balaban J connectivity index is 1.37. The monoisotopic (exact) mass is 511 g/mol. The highest BCUT2D eigenvalue weighted by atomic mass is 16.5. The molecule has 0 fully saturated rings. The quantitative estimate of drug-likeness (QED) is 0.374. The zero-order valence-corrected chi connectivity index (χ0v) is 23.1. The van der Waals surface area contributed by atoms with Gasteiger partial charge < -0.3 is 20.1 Å². The van der Waals surface area contributed by atoms with Gasteiger partial charge in [0.05, 0.1) is 34.6 Å². The average Bonchev–Trinajstić information content (AvgIpc) is 3.56. The average molecular weight is 512 g/mol. The number of hydrogen-bond acceptors (Lipinski definition) is 7. The van der Waals surface area contributed by atoms with Gasteiger partial charge in [-0.3, -0.25) is 0 Å². The molecular formula is C31H37N5O2. The van der Waals surface area contributed by atoms with E-state index in [1.54, 1.807) is 0 Å². The molecule has 7 heteroatoms. The summed E-state index contributed by atoms with van der Waals surface area (Å²) in [5.41, 5.74) is 3.74. The molecule has 0 aliphatic carbocycles. The lowest BCUT2D eigenvalue weighted by atomic mass is 9.88. The minimum atomic E-state index is 0.0464. The van der Waals surface area contributed by atoms with Crippen LogP contribution >= 0.6 is 0 Å². The zero-order chi connectivity index (χ0) is 26.9. The smallest absolute Gasteiger partial charge is 0.218 e. The van der Waals surface area contributed by atoms with Crippen LogP contribution in [0.2, 0.25) is 0 Å². The van der Waals surface area contributed by atoms with E-state index in [9.17, 15) is 0 Å². The highest BCUT2D eigenvalue weighted by Gasteiger charge is 2.32. The van der Waals surface area contributed by atoms with Crippen molar-refractivity contribution in [3.8, 4) is 0 Å². The number of rotatable bonds is 6. The normalized spacial score (nSPS) is 19.3. The second kappa shape index (κ2) is 10.1. The molecule has 5 rings (SSSR count). The number of aromatic nitrogens is 1. The Bertz CT molecular complexity index is 1270. The van der Waals surface area contributed by atoms with Crippen LogP contribution in [0.15, 0.2) is 76.7 Å². The summed E-state index contributed by atoms with van der Waals surface area (Å²) >= 11 is 0. The molecule has 2 aliphatic heterocycles. The molecule has 2 aromatic carbocycles. The molecule has 0 spiro atoms. The third-order valence-electron chi connectivity index (χ3n) is 6.89. The van der Waals surface area contributed by atoms with Crippen LogP contribution < -0.4 is 10.6 Å². The summed E-state index contributed by atoms with van der Waals surface area (Å²) in [6.07, 6.45) is 0. The van der Waals surface area contributed by atoms with Gasteiger partial charge >= 0.3 is 0 Å². The van der Waals surface area contributed by atoms with Crippen molar-refractivity contribution in [2.24, 2.45) is 20.8 Å². The number of nitrogens with zero attached hydrogens (tertiary/aromatic N) is 3. The first-order valence-electron chi connectivity index (χ1n) is 13.2. The van der Waals surface area contributed by atoms with E-state index in [1.807, 2.05) is 66.7 Å². The summed E-state index contributed by atoms with van der Waals surface area (Å²) in [6.45, 7) is 14.3. The van der Waals surface area contributed by atoms with Gasteiger partial charge in [0.1, 0.15) is 24.8 Å². The third-order valence-corrected chi connectivity index (χ3v) is 6.89. The van der Waals surface area contributed by atoms with Crippen LogP contribution in [0.4, 0.5) is 23.0 Å². The Kier molecular flexibility index (Phi) is 6.86. The van der Waals surface area contributed by atoms with E-state index >= 15 is 0 Å². The molecule has 0 bridgehead atoms. The Morgan fingerprint density at radius 3 is 1.42 bits per heavy atom. The van der Waals surface area contributed by atoms with Crippen molar-refractivity contribution in [2.45, 2.75) is 53.6 Å². The largest absolute Gasteiger partial charge is 0.475 e. The van der Waals surface area contributed by atoms with Crippen LogP contribution in [0.25, 0.3) is 0 Å². The first-order chi connectivity index (χ1) is 18.1. The first kappa shape index (κ1) is 25.8. The molecule has 0 saturated carbocycles. The Morgan fingerprint density at radius 2 is 1.03 bits per heavy atom. The van der Waals surface area contributed by atoms with Crippen molar-refractivity contribution in [2.75, 3.05) is 23.8 Å². The molecular weight excluding hydrogens is 474 g/mol. The maximum atomic E-state index is 6.00. The highest BCUT2D eigenvalue weighted by molar-refractivity contribution is 6.02. The van der Waals surface area contributed by atoms with Gasteiger partial charge in [-0.2, -0.15) is 0 Å². The van der Waals surface area contributed by atoms with Gasteiger partial charge in [-0.15, -0.1) is 0 Å². The number of pyridine rings is 1. The number of hydrogen-bond donors (Lipinski definition) is 2. The van der Waals surface area contributed by atoms with E-state index < -0.39 is 0 Å². The fraction of sp³-hybridized carbons (Fsp3) is 0.387. The molecule has 2 atom stereocenters. The van der Waals surface area contributed by atoms with Gasteiger partial charge in [-0.05, 0) is 47.2 Å². The van der Waals surface area contributed by atoms with Gasteiger partial charge in [-0.1, -0.05) is 71.9 Å².